The maximum atomic E-state index is 15.4. The van der Waals surface area contributed by atoms with Crippen molar-refractivity contribution in [1.82, 2.24) is 26.6 Å². The number of β-amino-alcohol motifs (C(OH)–C–C–N with tert-alkyl or cyclic N) is 1. The number of allylic oxidation sites excluding steroid dienone is 5. The molecule has 13 unspecified atom stereocenters. The molecule has 5 aliphatic carbocycles. The summed E-state index contributed by atoms with van der Waals surface area (Å²) in [5.41, 5.74) is 9.86. The predicted octanol–water partition coefficient (Wildman–Crippen LogP) is 10.5. The Morgan fingerprint density at radius 3 is 2.54 bits per heavy atom. The molecule has 4 fully saturated rings. The van der Waals surface area contributed by atoms with E-state index in [1.807, 2.05) is 39.2 Å². The van der Waals surface area contributed by atoms with Gasteiger partial charge in [-0.25, -0.2) is 9.59 Å². The number of rotatable bonds is 9. The lowest BCUT2D eigenvalue weighted by Crippen LogP contribution is -2.52. The van der Waals surface area contributed by atoms with Gasteiger partial charge in [-0.2, -0.15) is 0 Å². The number of cyclic esters (lactones) is 1. The molecule has 12 heteroatoms. The molecule has 446 valence electrons. The number of carbonyl (C=O) groups is 2. The minimum atomic E-state index is -1.10. The van der Waals surface area contributed by atoms with Gasteiger partial charge >= 0.3 is 11.9 Å². The third-order valence-electron chi connectivity index (χ3n) is 21.8. The third kappa shape index (κ3) is 10.9. The molecule has 0 radical (unpaired) electrons. The molecule has 15 rings (SSSR count). The molecule has 14 bridgehead atoms. The number of aromatic hydroxyl groups is 1. The van der Waals surface area contributed by atoms with Gasteiger partial charge in [-0.1, -0.05) is 91.6 Å². The van der Waals surface area contributed by atoms with Crippen LogP contribution in [0.5, 0.6) is 5.75 Å². The molecule has 2 saturated carbocycles. The highest BCUT2D eigenvalue weighted by molar-refractivity contribution is 6.07. The molecule has 2 saturated heterocycles. The number of esters is 2. The quantitative estimate of drug-likeness (QED) is 0.0590. The number of phenols is 1. The Morgan fingerprint density at radius 2 is 1.72 bits per heavy atom. The van der Waals surface area contributed by atoms with Crippen LogP contribution in [0.2, 0.25) is 0 Å². The molecule has 12 nitrogen and oxygen atoms in total. The smallest absolute Gasteiger partial charge is 0.340 e. The molecule has 11 aliphatic rings. The minimum Gasteiger partial charge on any atom is -0.508 e. The fourth-order valence-electron chi connectivity index (χ4n) is 17.9. The average Bonchev–Trinajstić information content (AvgIpc) is 1.64. The first-order valence-electron chi connectivity index (χ1n) is 32.1. The van der Waals surface area contributed by atoms with Gasteiger partial charge in [0.15, 0.2) is 0 Å². The molecular formula is C73H87N5O7. The number of fused-ring (bicyclic) bond motifs is 5. The monoisotopic (exact) mass is 1150 g/mol. The minimum absolute atomic E-state index is 0.00694. The lowest BCUT2D eigenvalue weighted by molar-refractivity contribution is -0.135. The van der Waals surface area contributed by atoms with Gasteiger partial charge in [0.1, 0.15) is 17.3 Å². The van der Waals surface area contributed by atoms with Crippen molar-refractivity contribution >= 4 is 17.5 Å². The van der Waals surface area contributed by atoms with E-state index in [-0.39, 0.29) is 83.3 Å². The van der Waals surface area contributed by atoms with E-state index in [1.54, 1.807) is 6.07 Å². The van der Waals surface area contributed by atoms with Crippen LogP contribution in [-0.4, -0.2) is 79.4 Å². The van der Waals surface area contributed by atoms with Gasteiger partial charge in [0.25, 0.3) is 0 Å². The van der Waals surface area contributed by atoms with Gasteiger partial charge in [-0.15, -0.1) is 0 Å². The maximum absolute atomic E-state index is 15.4. The second-order valence-electron chi connectivity index (χ2n) is 27.1. The second-order valence-corrected chi connectivity index (χ2v) is 27.1. The van der Waals surface area contributed by atoms with Crippen LogP contribution in [0.25, 0.3) is 16.7 Å². The number of carbonyl (C=O) groups excluding carboxylic acids is 2. The Labute approximate surface area is 502 Å². The van der Waals surface area contributed by atoms with Crippen molar-refractivity contribution in [2.24, 2.45) is 58.2 Å². The second kappa shape index (κ2) is 23.9. The summed E-state index contributed by atoms with van der Waals surface area (Å²) in [7, 11) is 4.04. The van der Waals surface area contributed by atoms with Crippen molar-refractivity contribution < 1.29 is 34.4 Å². The summed E-state index contributed by atoms with van der Waals surface area (Å²) < 4.78 is 13.6. The summed E-state index contributed by atoms with van der Waals surface area (Å²) in [5, 5.41) is 53.3. The summed E-state index contributed by atoms with van der Waals surface area (Å²) in [5.74, 6) is 7.63. The van der Waals surface area contributed by atoms with Crippen molar-refractivity contribution in [1.29, 1.82) is 0 Å². The predicted molar refractivity (Wildman–Crippen MR) is 332 cm³/mol. The number of phenolic OH excluding ortho intramolecular Hbond substituents is 1. The molecule has 0 amide bonds. The Balaban J connectivity index is 1.00. The fraction of sp³-hybridized carbons (Fsp3) is 0.507. The molecule has 8 N–H and O–H groups in total. The van der Waals surface area contributed by atoms with Gasteiger partial charge in [0.2, 0.25) is 0 Å². The van der Waals surface area contributed by atoms with Crippen molar-refractivity contribution in [2.75, 3.05) is 40.3 Å². The van der Waals surface area contributed by atoms with Crippen molar-refractivity contribution in [3.63, 3.8) is 0 Å². The Bertz CT molecular complexity index is 3420. The van der Waals surface area contributed by atoms with Gasteiger partial charge in [0.05, 0.1) is 29.4 Å². The largest absolute Gasteiger partial charge is 0.508 e. The normalized spacial score (nSPS) is 33.4. The van der Waals surface area contributed by atoms with Crippen LogP contribution in [-0.2, 0) is 45.0 Å². The van der Waals surface area contributed by atoms with E-state index in [0.717, 1.165) is 111 Å². The van der Waals surface area contributed by atoms with E-state index in [2.05, 4.69) is 124 Å². The van der Waals surface area contributed by atoms with Gasteiger partial charge in [-0.05, 0) is 239 Å². The average molecular weight is 1150 g/mol. The highest BCUT2D eigenvalue weighted by Crippen LogP contribution is 2.72. The molecule has 85 heavy (non-hydrogen) atoms. The van der Waals surface area contributed by atoms with Crippen molar-refractivity contribution in [3.8, 4) is 28.7 Å². The first-order chi connectivity index (χ1) is 41.3. The number of aliphatic hydroxyl groups excluding tert-OH is 1. The van der Waals surface area contributed by atoms with Crippen molar-refractivity contribution in [3.05, 3.63) is 165 Å². The number of ether oxygens (including phenoxy) is 2. The summed E-state index contributed by atoms with van der Waals surface area (Å²) in [6, 6.07) is 31.8. The molecule has 6 heterocycles. The lowest BCUT2D eigenvalue weighted by atomic mass is 9.44. The summed E-state index contributed by atoms with van der Waals surface area (Å²) in [4.78, 5) is 30.8. The van der Waals surface area contributed by atoms with E-state index in [1.165, 1.54) is 22.3 Å². The van der Waals surface area contributed by atoms with Crippen LogP contribution in [0.4, 0.5) is 0 Å². The van der Waals surface area contributed by atoms with Gasteiger partial charge < -0.3 is 51.4 Å². The topological polar surface area (TPSA) is 173 Å². The van der Waals surface area contributed by atoms with Gasteiger partial charge in [0, 0.05) is 55.1 Å². The molecular weight excluding hydrogens is 1060 g/mol. The molecule has 4 aromatic rings. The zero-order valence-electron chi connectivity index (χ0n) is 50.2. The SMILES string of the molecule is CCC(C=C1OC(=O)C2=C3c4cc(O)ccc4-c4cccc(c4)CNCCc4cc(CNC)cc(c4)C4NCC(C)(O)CC#CC(CO)CC5CC(C6CCNC(NC)C6)(CC=C6OC(=O)C7=C6CCC6C3CCC12C76)CC54)Cc1ccccc1. The molecule has 1 spiro atoms. The first-order valence-corrected chi connectivity index (χ1v) is 32.1. The van der Waals surface area contributed by atoms with Crippen LogP contribution in [0.1, 0.15) is 130 Å². The van der Waals surface area contributed by atoms with Crippen LogP contribution in [0, 0.1) is 70.0 Å². The van der Waals surface area contributed by atoms with E-state index in [0.29, 0.717) is 73.9 Å². The Morgan fingerprint density at radius 1 is 0.847 bits per heavy atom. The maximum Gasteiger partial charge on any atom is 0.340 e. The van der Waals surface area contributed by atoms with Gasteiger partial charge in [-0.3, -0.25) is 0 Å². The van der Waals surface area contributed by atoms with E-state index in [4.69, 9.17) is 9.47 Å². The van der Waals surface area contributed by atoms with Crippen molar-refractivity contribution in [2.45, 2.75) is 135 Å². The number of benzene rings is 4. The summed E-state index contributed by atoms with van der Waals surface area (Å²) in [6.45, 7) is 7.37. The van der Waals surface area contributed by atoms with Crippen LogP contribution >= 0.6 is 0 Å². The first kappa shape index (κ1) is 57.9. The van der Waals surface area contributed by atoms with E-state index in [9.17, 15) is 15.3 Å². The van der Waals surface area contributed by atoms with Crippen LogP contribution in [0.3, 0.4) is 0 Å². The molecule has 6 aliphatic heterocycles. The number of hydrogen-bond donors (Lipinski definition) is 8. The highest BCUT2D eigenvalue weighted by atomic mass is 16.6. The molecule has 0 aromatic heterocycles. The number of nitrogens with one attached hydrogen (secondary N) is 5. The Hall–Kier alpha value is -6.14. The lowest BCUT2D eigenvalue weighted by Gasteiger charge is -2.56. The standard InChI is InChI=1S/C73H87N5O7/c1-5-44(29-45-11-7-6-8-12-45)35-62-73-26-20-56-57-18-19-58-61(84-69(81)65(58)66(57)73)21-25-72(53-23-28-77-63(36-53)75-4)38-52-33-48(42-79)14-10-24-71(2,83)43-78-68(60(52)39-72)51-31-46(30-49(34-51)40-74-3)22-27-76-41-47-13-9-15-50(32-47)55-17-16-54(80)37-59(55)64(56)67(73)70(82)85-62/h6-9,11-13,15-17,21,30-32,34-35,37,44,48,52-53,56-57,60,63,66,68,74-80,83H,5,18-20,22-29,33,36,38-43H2,1-4H3. The van der Waals surface area contributed by atoms with Crippen LogP contribution in [0.15, 0.2) is 131 Å². The van der Waals surface area contributed by atoms with E-state index < -0.39 is 11.0 Å². The zero-order valence-corrected chi connectivity index (χ0v) is 50.2. The summed E-state index contributed by atoms with van der Waals surface area (Å²) in [6.07, 6.45) is 15.6. The number of hydrogen-bond acceptors (Lipinski definition) is 12. The summed E-state index contributed by atoms with van der Waals surface area (Å²) >= 11 is 0. The third-order valence-corrected chi connectivity index (χ3v) is 21.8. The number of aliphatic hydroxyl groups is 2. The Kier molecular flexibility index (Phi) is 16.3. The zero-order chi connectivity index (χ0) is 58.6. The molecule has 13 atom stereocenters. The highest BCUT2D eigenvalue weighted by Gasteiger charge is 2.69. The van der Waals surface area contributed by atoms with Crippen LogP contribution < -0.4 is 26.6 Å². The fourth-order valence-corrected chi connectivity index (χ4v) is 17.9. The molecule has 4 aromatic carbocycles. The van der Waals surface area contributed by atoms with E-state index >= 15 is 9.59 Å². The number of piperidine rings is 1.